The lowest BCUT2D eigenvalue weighted by atomic mass is 10.1. The van der Waals surface area contributed by atoms with Crippen molar-refractivity contribution in [3.05, 3.63) is 99.9 Å². The second kappa shape index (κ2) is 11.6. The summed E-state index contributed by atoms with van der Waals surface area (Å²) < 4.78 is 23.8. The molecule has 1 fully saturated rings. The van der Waals surface area contributed by atoms with Gasteiger partial charge in [0.25, 0.3) is 11.8 Å². The molecule has 1 aliphatic rings. The fraction of sp³-hybridized carbons (Fsp3) is 0.233. The second-order valence-corrected chi connectivity index (χ2v) is 13.2. The Hall–Kier alpha value is -4.02. The molecule has 0 aliphatic heterocycles. The number of amides is 2. The number of hydrogen-bond donors (Lipinski definition) is 3. The van der Waals surface area contributed by atoms with E-state index < -0.39 is 9.84 Å². The van der Waals surface area contributed by atoms with Crippen molar-refractivity contribution in [2.24, 2.45) is 0 Å². The number of carbonyl (C=O) groups is 2. The molecule has 2 amide bonds. The molecule has 206 valence electrons. The van der Waals surface area contributed by atoms with E-state index in [4.69, 9.17) is 4.98 Å². The van der Waals surface area contributed by atoms with Crippen LogP contribution < -0.4 is 16.0 Å². The van der Waals surface area contributed by atoms with Crippen LogP contribution in [0.3, 0.4) is 0 Å². The van der Waals surface area contributed by atoms with Gasteiger partial charge in [-0.05, 0) is 54.7 Å². The number of nitrogens with one attached hydrogen (secondary N) is 3. The number of aromatic nitrogens is 1. The molecule has 0 saturated heterocycles. The largest absolute Gasteiger partial charge is 0.349 e. The van der Waals surface area contributed by atoms with Crippen molar-refractivity contribution < 1.29 is 18.0 Å². The number of rotatable bonds is 10. The van der Waals surface area contributed by atoms with Gasteiger partial charge < -0.3 is 16.0 Å². The summed E-state index contributed by atoms with van der Waals surface area (Å²) in [4.78, 5) is 31.2. The molecule has 5 rings (SSSR count). The number of anilines is 2. The van der Waals surface area contributed by atoms with Crippen molar-refractivity contribution in [2.75, 3.05) is 11.6 Å². The normalized spacial score (nSPS) is 13.1. The Labute approximate surface area is 237 Å². The molecule has 8 nitrogen and oxygen atoms in total. The van der Waals surface area contributed by atoms with Gasteiger partial charge >= 0.3 is 0 Å². The van der Waals surface area contributed by atoms with E-state index >= 15 is 0 Å². The van der Waals surface area contributed by atoms with Gasteiger partial charge in [-0.15, -0.1) is 0 Å². The van der Waals surface area contributed by atoms with Gasteiger partial charge in [-0.25, -0.2) is 13.4 Å². The van der Waals surface area contributed by atoms with Crippen LogP contribution >= 0.6 is 11.3 Å². The number of carbonyl (C=O) groups excluding carboxylic acids is 2. The van der Waals surface area contributed by atoms with E-state index in [0.29, 0.717) is 44.6 Å². The van der Waals surface area contributed by atoms with Crippen molar-refractivity contribution in [3.63, 3.8) is 0 Å². The Morgan fingerprint density at radius 2 is 1.70 bits per heavy atom. The predicted octanol–water partition coefficient (Wildman–Crippen LogP) is 5.23. The molecule has 0 bridgehead atoms. The SMILES string of the molecule is Cc1ccc(C(=O)NC2CC2)cc1Nc1nc(-c2cccc(CS(C)(=O)=O)c2)c(C(=O)NCc2ccccc2)s1. The van der Waals surface area contributed by atoms with Gasteiger partial charge in [-0.1, -0.05) is 65.9 Å². The molecule has 1 heterocycles. The van der Waals surface area contributed by atoms with E-state index in [1.165, 1.54) is 17.6 Å². The van der Waals surface area contributed by atoms with Gasteiger partial charge in [0.1, 0.15) is 4.88 Å². The number of aryl methyl sites for hydroxylation is 1. The molecule has 10 heteroatoms. The second-order valence-electron chi connectivity index (χ2n) is 10.0. The minimum atomic E-state index is -3.24. The number of sulfone groups is 1. The number of nitrogens with zero attached hydrogens (tertiary/aromatic N) is 1. The first kappa shape index (κ1) is 27.5. The molecule has 4 aromatic rings. The molecule has 0 radical (unpaired) electrons. The molecule has 0 atom stereocenters. The quantitative estimate of drug-likeness (QED) is 0.239. The zero-order chi connectivity index (χ0) is 28.3. The lowest BCUT2D eigenvalue weighted by Gasteiger charge is -2.10. The number of hydrogen-bond acceptors (Lipinski definition) is 7. The average molecular weight is 575 g/mol. The summed E-state index contributed by atoms with van der Waals surface area (Å²) in [6.45, 7) is 2.28. The van der Waals surface area contributed by atoms with Crippen molar-refractivity contribution in [1.29, 1.82) is 0 Å². The van der Waals surface area contributed by atoms with E-state index in [2.05, 4.69) is 16.0 Å². The Kier molecular flexibility index (Phi) is 7.99. The molecule has 1 saturated carbocycles. The van der Waals surface area contributed by atoms with Crippen LogP contribution in [-0.2, 0) is 22.1 Å². The van der Waals surface area contributed by atoms with Crippen LogP contribution in [0, 0.1) is 6.92 Å². The summed E-state index contributed by atoms with van der Waals surface area (Å²) >= 11 is 1.20. The highest BCUT2D eigenvalue weighted by Gasteiger charge is 2.24. The zero-order valence-electron chi connectivity index (χ0n) is 22.2. The number of thiazole rings is 1. The summed E-state index contributed by atoms with van der Waals surface area (Å²) in [6, 6.07) is 22.4. The van der Waals surface area contributed by atoms with Crippen LogP contribution in [-0.4, -0.2) is 37.5 Å². The van der Waals surface area contributed by atoms with Crippen LogP contribution in [0.2, 0.25) is 0 Å². The molecule has 40 heavy (non-hydrogen) atoms. The van der Waals surface area contributed by atoms with Gasteiger partial charge in [0.05, 0.1) is 11.4 Å². The summed E-state index contributed by atoms with van der Waals surface area (Å²) in [5, 5.41) is 9.76. The van der Waals surface area contributed by atoms with E-state index in [1.54, 1.807) is 30.3 Å². The van der Waals surface area contributed by atoms with E-state index in [0.717, 1.165) is 24.0 Å². The highest BCUT2D eigenvalue weighted by Crippen LogP contribution is 2.34. The standard InChI is InChI=1S/C30H30N4O4S2/c1-19-11-12-23(28(35)32-24-13-14-24)16-25(19)33-30-34-26(22-10-6-9-21(15-22)18-40(2,37)38)27(39-30)29(36)31-17-20-7-4-3-5-8-20/h3-12,15-16,24H,13-14,17-18H2,1-2H3,(H,31,36)(H,32,35)(H,33,34). The lowest BCUT2D eigenvalue weighted by Crippen LogP contribution is -2.25. The third-order valence-electron chi connectivity index (χ3n) is 6.41. The number of benzene rings is 3. The third-order valence-corrected chi connectivity index (χ3v) is 8.24. The van der Waals surface area contributed by atoms with Crippen molar-refractivity contribution in [2.45, 2.75) is 38.1 Å². The maximum absolute atomic E-state index is 13.4. The average Bonchev–Trinajstić information content (AvgIpc) is 3.63. The highest BCUT2D eigenvalue weighted by molar-refractivity contribution is 7.89. The first-order valence-corrected chi connectivity index (χ1v) is 15.8. The van der Waals surface area contributed by atoms with Crippen LogP contribution in [0.5, 0.6) is 0 Å². The first-order chi connectivity index (χ1) is 19.1. The van der Waals surface area contributed by atoms with Crippen LogP contribution in [0.4, 0.5) is 10.8 Å². The van der Waals surface area contributed by atoms with Gasteiger partial charge in [0.15, 0.2) is 15.0 Å². The molecule has 0 spiro atoms. The van der Waals surface area contributed by atoms with Gasteiger partial charge in [-0.3, -0.25) is 9.59 Å². The summed E-state index contributed by atoms with van der Waals surface area (Å²) in [5.41, 5.74) is 4.86. The molecule has 1 aliphatic carbocycles. The van der Waals surface area contributed by atoms with Crippen LogP contribution in [0.15, 0.2) is 72.8 Å². The molecular formula is C30H30N4O4S2. The first-order valence-electron chi connectivity index (χ1n) is 12.9. The van der Waals surface area contributed by atoms with Crippen molar-refractivity contribution in [3.8, 4) is 11.3 Å². The minimum absolute atomic E-state index is 0.111. The Bertz CT molecular complexity index is 1660. The fourth-order valence-corrected chi connectivity index (χ4v) is 5.90. The Morgan fingerprint density at radius 1 is 0.950 bits per heavy atom. The van der Waals surface area contributed by atoms with E-state index in [-0.39, 0.29) is 23.6 Å². The summed E-state index contributed by atoms with van der Waals surface area (Å²) in [6.07, 6.45) is 3.20. The molecular weight excluding hydrogens is 544 g/mol. The monoisotopic (exact) mass is 574 g/mol. The Morgan fingerprint density at radius 3 is 2.42 bits per heavy atom. The van der Waals surface area contributed by atoms with Crippen LogP contribution in [0.1, 0.15) is 49.6 Å². The van der Waals surface area contributed by atoms with Crippen molar-refractivity contribution >= 4 is 43.8 Å². The topological polar surface area (TPSA) is 117 Å². The molecule has 3 N–H and O–H groups in total. The molecule has 3 aromatic carbocycles. The third kappa shape index (κ3) is 7.13. The zero-order valence-corrected chi connectivity index (χ0v) is 23.9. The van der Waals surface area contributed by atoms with E-state index in [1.807, 2.05) is 49.4 Å². The maximum atomic E-state index is 13.4. The summed E-state index contributed by atoms with van der Waals surface area (Å²) in [5.74, 6) is -0.512. The lowest BCUT2D eigenvalue weighted by molar-refractivity contribution is 0.0944. The van der Waals surface area contributed by atoms with E-state index in [9.17, 15) is 18.0 Å². The smallest absolute Gasteiger partial charge is 0.264 e. The molecule has 1 aromatic heterocycles. The van der Waals surface area contributed by atoms with Crippen molar-refractivity contribution in [1.82, 2.24) is 15.6 Å². The maximum Gasteiger partial charge on any atom is 0.264 e. The highest BCUT2D eigenvalue weighted by atomic mass is 32.2. The molecule has 0 unspecified atom stereocenters. The van der Waals surface area contributed by atoms with Gasteiger partial charge in [-0.2, -0.15) is 0 Å². The minimum Gasteiger partial charge on any atom is -0.349 e. The summed E-state index contributed by atoms with van der Waals surface area (Å²) in [7, 11) is -3.24. The van der Waals surface area contributed by atoms with Crippen LogP contribution in [0.25, 0.3) is 11.3 Å². The van der Waals surface area contributed by atoms with Gasteiger partial charge in [0, 0.05) is 35.7 Å². The fourth-order valence-electron chi connectivity index (χ4n) is 4.20. The van der Waals surface area contributed by atoms with Gasteiger partial charge in [0.2, 0.25) is 0 Å². The Balaban J connectivity index is 1.46. The predicted molar refractivity (Wildman–Crippen MR) is 159 cm³/mol.